The second kappa shape index (κ2) is 8.98. The number of aliphatic hydroxyl groups is 1. The monoisotopic (exact) mass is 401 g/mol. The predicted octanol–water partition coefficient (Wildman–Crippen LogP) is 4.75. The maximum atomic E-state index is 9.25. The Balaban J connectivity index is 1.46. The van der Waals surface area contributed by atoms with Gasteiger partial charge in [0.1, 0.15) is 0 Å². The fourth-order valence-electron chi connectivity index (χ4n) is 3.76. The van der Waals surface area contributed by atoms with Crippen molar-refractivity contribution in [2.45, 2.75) is 39.2 Å². The first-order valence-electron chi connectivity index (χ1n) is 9.30. The first-order valence-corrected chi connectivity index (χ1v) is 10.1. The Morgan fingerprint density at radius 3 is 2.60 bits per heavy atom. The van der Waals surface area contributed by atoms with Crippen LogP contribution >= 0.6 is 15.9 Å². The number of likely N-dealkylation sites (tertiary alicyclic amines) is 1. The van der Waals surface area contributed by atoms with Gasteiger partial charge in [0.05, 0.1) is 6.61 Å². The van der Waals surface area contributed by atoms with Crippen LogP contribution in [0.25, 0.3) is 0 Å². The summed E-state index contributed by atoms with van der Waals surface area (Å²) in [7, 11) is 0. The lowest BCUT2D eigenvalue weighted by Gasteiger charge is -2.32. The van der Waals surface area contributed by atoms with E-state index >= 15 is 0 Å². The molecule has 1 aliphatic rings. The highest BCUT2D eigenvalue weighted by Crippen LogP contribution is 2.26. The first kappa shape index (κ1) is 18.6. The van der Waals surface area contributed by atoms with Gasteiger partial charge in [-0.15, -0.1) is 0 Å². The lowest BCUT2D eigenvalue weighted by atomic mass is 9.89. The van der Waals surface area contributed by atoms with Gasteiger partial charge in [-0.1, -0.05) is 57.9 Å². The summed E-state index contributed by atoms with van der Waals surface area (Å²) in [4.78, 5) is 2.59. The van der Waals surface area contributed by atoms with Gasteiger partial charge in [-0.2, -0.15) is 0 Å². The van der Waals surface area contributed by atoms with Crippen LogP contribution in [-0.4, -0.2) is 29.6 Å². The van der Waals surface area contributed by atoms with Crippen molar-refractivity contribution < 1.29 is 5.11 Å². The molecule has 2 nitrogen and oxygen atoms in total. The van der Waals surface area contributed by atoms with Crippen LogP contribution in [0.3, 0.4) is 0 Å². The van der Waals surface area contributed by atoms with Crippen molar-refractivity contribution in [2.75, 3.05) is 19.6 Å². The minimum absolute atomic E-state index is 0.133. The van der Waals surface area contributed by atoms with E-state index < -0.39 is 0 Å². The van der Waals surface area contributed by atoms with Crippen molar-refractivity contribution >= 4 is 15.9 Å². The van der Waals surface area contributed by atoms with Gasteiger partial charge in [0.25, 0.3) is 0 Å². The van der Waals surface area contributed by atoms with Gasteiger partial charge in [-0.05, 0) is 74.4 Å². The average molecular weight is 402 g/mol. The van der Waals surface area contributed by atoms with Crippen molar-refractivity contribution in [1.82, 2.24) is 4.90 Å². The lowest BCUT2D eigenvalue weighted by Crippen LogP contribution is -2.35. The molecule has 1 saturated heterocycles. The number of nitrogens with zero attached hydrogens (tertiary/aromatic N) is 1. The van der Waals surface area contributed by atoms with Gasteiger partial charge in [0.15, 0.2) is 0 Å². The van der Waals surface area contributed by atoms with Crippen LogP contribution in [0.2, 0.25) is 0 Å². The van der Waals surface area contributed by atoms with E-state index in [1.807, 2.05) is 12.1 Å². The molecule has 134 valence electrons. The van der Waals surface area contributed by atoms with E-state index in [9.17, 15) is 5.11 Å². The molecule has 0 radical (unpaired) electrons. The van der Waals surface area contributed by atoms with Gasteiger partial charge < -0.3 is 10.0 Å². The van der Waals surface area contributed by atoms with E-state index in [2.05, 4.69) is 58.1 Å². The Labute approximate surface area is 160 Å². The largest absolute Gasteiger partial charge is 0.392 e. The van der Waals surface area contributed by atoms with Crippen molar-refractivity contribution in [3.63, 3.8) is 0 Å². The molecule has 1 heterocycles. The molecule has 2 aromatic rings. The van der Waals surface area contributed by atoms with Gasteiger partial charge in [0.2, 0.25) is 0 Å². The van der Waals surface area contributed by atoms with Crippen molar-refractivity contribution in [3.05, 3.63) is 69.2 Å². The third-order valence-corrected chi connectivity index (χ3v) is 6.08. The van der Waals surface area contributed by atoms with Gasteiger partial charge in [0, 0.05) is 11.0 Å². The normalized spacial score (nSPS) is 16.3. The number of aryl methyl sites for hydroxylation is 1. The van der Waals surface area contributed by atoms with Gasteiger partial charge >= 0.3 is 0 Å². The molecule has 3 rings (SSSR count). The summed E-state index contributed by atoms with van der Waals surface area (Å²) in [6, 6.07) is 15.0. The molecule has 0 amide bonds. The van der Waals surface area contributed by atoms with Crippen molar-refractivity contribution in [3.8, 4) is 0 Å². The number of aliphatic hydroxyl groups excluding tert-OH is 1. The molecule has 0 spiro atoms. The van der Waals surface area contributed by atoms with Crippen LogP contribution in [0.15, 0.2) is 46.9 Å². The first-order chi connectivity index (χ1) is 12.1. The Bertz CT molecular complexity index is 692. The van der Waals surface area contributed by atoms with Gasteiger partial charge in [-0.3, -0.25) is 0 Å². The zero-order valence-corrected chi connectivity index (χ0v) is 16.6. The smallest absolute Gasteiger partial charge is 0.0681 e. The van der Waals surface area contributed by atoms with Gasteiger partial charge in [-0.25, -0.2) is 0 Å². The summed E-state index contributed by atoms with van der Waals surface area (Å²) in [5, 5.41) is 9.25. The van der Waals surface area contributed by atoms with E-state index in [4.69, 9.17) is 0 Å². The Kier molecular flexibility index (Phi) is 6.69. The number of hydrogen-bond donors (Lipinski definition) is 1. The topological polar surface area (TPSA) is 23.5 Å². The quantitative estimate of drug-likeness (QED) is 0.754. The standard InChI is InChI=1S/C22H28BrNO/c1-17-5-6-22(23)21(13-17)15-19-8-11-24(12-9-19)10-7-18-3-2-4-20(14-18)16-25/h2-6,13-14,19,25H,7-12,15-16H2,1H3. The maximum absolute atomic E-state index is 9.25. The molecule has 0 unspecified atom stereocenters. The molecule has 1 aliphatic heterocycles. The average Bonchev–Trinajstić information content (AvgIpc) is 2.64. The number of benzene rings is 2. The highest BCUT2D eigenvalue weighted by Gasteiger charge is 2.20. The van der Waals surface area contributed by atoms with Crippen LogP contribution in [0, 0.1) is 12.8 Å². The Morgan fingerprint density at radius 2 is 1.84 bits per heavy atom. The zero-order valence-electron chi connectivity index (χ0n) is 15.0. The highest BCUT2D eigenvalue weighted by molar-refractivity contribution is 9.10. The molecule has 0 aliphatic carbocycles. The fraction of sp³-hybridized carbons (Fsp3) is 0.455. The molecular weight excluding hydrogens is 374 g/mol. The molecule has 0 bridgehead atoms. The number of rotatable bonds is 6. The van der Waals surface area contributed by atoms with E-state index in [1.54, 1.807) is 0 Å². The Morgan fingerprint density at radius 1 is 1.08 bits per heavy atom. The Hall–Kier alpha value is -1.16. The summed E-state index contributed by atoms with van der Waals surface area (Å²) in [6.45, 7) is 5.83. The van der Waals surface area contributed by atoms with Crippen LogP contribution in [-0.2, 0) is 19.4 Å². The third-order valence-electron chi connectivity index (χ3n) is 5.31. The molecule has 1 fully saturated rings. The van der Waals surface area contributed by atoms with E-state index in [1.165, 1.54) is 53.5 Å². The minimum Gasteiger partial charge on any atom is -0.392 e. The zero-order chi connectivity index (χ0) is 17.6. The van der Waals surface area contributed by atoms with E-state index in [0.29, 0.717) is 0 Å². The molecule has 3 heteroatoms. The minimum atomic E-state index is 0.133. The third kappa shape index (κ3) is 5.40. The predicted molar refractivity (Wildman–Crippen MR) is 108 cm³/mol. The number of halogens is 1. The summed E-state index contributed by atoms with van der Waals surface area (Å²) in [5.74, 6) is 0.798. The SMILES string of the molecule is Cc1ccc(Br)c(CC2CCN(CCc3cccc(CO)c3)CC2)c1. The second-order valence-electron chi connectivity index (χ2n) is 7.31. The molecular formula is C22H28BrNO. The summed E-state index contributed by atoms with van der Waals surface area (Å²) < 4.78 is 1.25. The van der Waals surface area contributed by atoms with Crippen LogP contribution in [0.5, 0.6) is 0 Å². The number of hydrogen-bond acceptors (Lipinski definition) is 2. The summed E-state index contributed by atoms with van der Waals surface area (Å²) >= 11 is 3.70. The summed E-state index contributed by atoms with van der Waals surface area (Å²) in [5.41, 5.74) is 5.15. The van der Waals surface area contributed by atoms with Crippen LogP contribution < -0.4 is 0 Å². The molecule has 0 saturated carbocycles. The second-order valence-corrected chi connectivity index (χ2v) is 8.17. The fourth-order valence-corrected chi connectivity index (χ4v) is 4.16. The van der Waals surface area contributed by atoms with E-state index in [0.717, 1.165) is 24.4 Å². The number of piperidine rings is 1. The van der Waals surface area contributed by atoms with Crippen LogP contribution in [0.1, 0.15) is 35.1 Å². The maximum Gasteiger partial charge on any atom is 0.0681 e. The molecule has 2 aromatic carbocycles. The van der Waals surface area contributed by atoms with Crippen LogP contribution in [0.4, 0.5) is 0 Å². The highest BCUT2D eigenvalue weighted by atomic mass is 79.9. The lowest BCUT2D eigenvalue weighted by molar-refractivity contribution is 0.186. The van der Waals surface area contributed by atoms with E-state index in [-0.39, 0.29) is 6.61 Å². The molecule has 0 atom stereocenters. The van der Waals surface area contributed by atoms with Crippen molar-refractivity contribution in [1.29, 1.82) is 0 Å². The molecule has 25 heavy (non-hydrogen) atoms. The molecule has 0 aromatic heterocycles. The summed E-state index contributed by atoms with van der Waals surface area (Å²) in [6.07, 6.45) is 4.84. The molecule has 1 N–H and O–H groups in total. The van der Waals surface area contributed by atoms with Crippen molar-refractivity contribution in [2.24, 2.45) is 5.92 Å².